The third-order valence-corrected chi connectivity index (χ3v) is 3.56. The number of urea groups is 1. The largest absolute Gasteiger partial charge is 0.333 e. The molecule has 1 saturated heterocycles. The molecule has 1 aliphatic heterocycles. The summed E-state index contributed by atoms with van der Waals surface area (Å²) in [5.41, 5.74) is -0.177. The van der Waals surface area contributed by atoms with E-state index in [4.69, 9.17) is 0 Å². The number of aromatic nitrogens is 2. The van der Waals surface area contributed by atoms with Crippen molar-refractivity contribution >= 4 is 18.4 Å². The van der Waals surface area contributed by atoms with Crippen LogP contribution in [0.2, 0.25) is 0 Å². The van der Waals surface area contributed by atoms with Crippen LogP contribution in [0.25, 0.3) is 0 Å². The highest BCUT2D eigenvalue weighted by Gasteiger charge is 2.22. The van der Waals surface area contributed by atoms with Crippen molar-refractivity contribution in [2.75, 3.05) is 32.7 Å². The molecule has 2 heterocycles. The molecule has 1 aromatic heterocycles. The normalized spacial score (nSPS) is 16.8. The highest BCUT2D eigenvalue weighted by atomic mass is 35.5. The summed E-state index contributed by atoms with van der Waals surface area (Å²) in [6.45, 7) is 11.5. The fourth-order valence-corrected chi connectivity index (χ4v) is 2.47. The van der Waals surface area contributed by atoms with Gasteiger partial charge in [0.2, 0.25) is 0 Å². The van der Waals surface area contributed by atoms with Crippen molar-refractivity contribution in [2.45, 2.75) is 39.3 Å². The molecule has 1 fully saturated rings. The summed E-state index contributed by atoms with van der Waals surface area (Å²) in [5.74, 6) is 0. The second kappa shape index (κ2) is 8.39. The molecule has 0 spiro atoms. The van der Waals surface area contributed by atoms with E-state index in [1.165, 1.54) is 0 Å². The van der Waals surface area contributed by atoms with Gasteiger partial charge in [-0.3, -0.25) is 9.58 Å². The van der Waals surface area contributed by atoms with Crippen molar-refractivity contribution in [1.82, 2.24) is 24.9 Å². The lowest BCUT2D eigenvalue weighted by atomic mass is 10.1. The van der Waals surface area contributed by atoms with Gasteiger partial charge in [-0.05, 0) is 39.8 Å². The van der Waals surface area contributed by atoms with Crippen molar-refractivity contribution in [3.63, 3.8) is 0 Å². The van der Waals surface area contributed by atoms with Gasteiger partial charge in [0.05, 0.1) is 6.54 Å². The SMILES string of the molecule is CC(C)(C)NC(=O)N1CCCN(CCn2cccn2)CC1.Cl. The molecule has 2 rings (SSSR count). The lowest BCUT2D eigenvalue weighted by Crippen LogP contribution is -2.49. The Morgan fingerprint density at radius 1 is 1.18 bits per heavy atom. The predicted octanol–water partition coefficient (Wildman–Crippen LogP) is 1.82. The first-order chi connectivity index (χ1) is 9.94. The molecule has 2 amide bonds. The second-order valence-corrected chi connectivity index (χ2v) is 6.63. The molecule has 126 valence electrons. The van der Waals surface area contributed by atoms with Crippen LogP contribution in [-0.4, -0.2) is 63.9 Å². The monoisotopic (exact) mass is 329 g/mol. The Morgan fingerprint density at radius 3 is 2.59 bits per heavy atom. The maximum absolute atomic E-state index is 12.2. The number of hydrogen-bond acceptors (Lipinski definition) is 3. The maximum Gasteiger partial charge on any atom is 0.317 e. The first kappa shape index (κ1) is 18.8. The van der Waals surface area contributed by atoms with Crippen LogP contribution in [0.1, 0.15) is 27.2 Å². The number of hydrogen-bond donors (Lipinski definition) is 1. The van der Waals surface area contributed by atoms with Gasteiger partial charge < -0.3 is 10.2 Å². The fraction of sp³-hybridized carbons (Fsp3) is 0.733. The molecule has 0 bridgehead atoms. The third-order valence-electron chi connectivity index (χ3n) is 3.56. The minimum absolute atomic E-state index is 0. The van der Waals surface area contributed by atoms with E-state index in [0.29, 0.717) is 0 Å². The van der Waals surface area contributed by atoms with Gasteiger partial charge in [-0.15, -0.1) is 12.4 Å². The number of carbonyl (C=O) groups is 1. The Balaban J connectivity index is 0.00000242. The van der Waals surface area contributed by atoms with Crippen LogP contribution >= 0.6 is 12.4 Å². The topological polar surface area (TPSA) is 53.4 Å². The van der Waals surface area contributed by atoms with Crippen LogP contribution in [0, 0.1) is 0 Å². The van der Waals surface area contributed by atoms with E-state index in [1.54, 1.807) is 6.20 Å². The summed E-state index contributed by atoms with van der Waals surface area (Å²) in [6, 6.07) is 2.00. The third kappa shape index (κ3) is 6.23. The van der Waals surface area contributed by atoms with Crippen molar-refractivity contribution in [2.24, 2.45) is 0 Å². The predicted molar refractivity (Wildman–Crippen MR) is 90.4 cm³/mol. The quantitative estimate of drug-likeness (QED) is 0.920. The lowest BCUT2D eigenvalue weighted by Gasteiger charge is -2.27. The summed E-state index contributed by atoms with van der Waals surface area (Å²) in [4.78, 5) is 16.5. The Morgan fingerprint density at radius 2 is 1.95 bits per heavy atom. The Bertz CT molecular complexity index is 443. The van der Waals surface area contributed by atoms with Gasteiger partial charge in [0.15, 0.2) is 0 Å². The first-order valence-electron chi connectivity index (χ1n) is 7.71. The van der Waals surface area contributed by atoms with Crippen LogP contribution in [0.4, 0.5) is 4.79 Å². The van der Waals surface area contributed by atoms with Gasteiger partial charge in [-0.2, -0.15) is 5.10 Å². The number of halogens is 1. The average Bonchev–Trinajstić information content (AvgIpc) is 2.78. The van der Waals surface area contributed by atoms with Gasteiger partial charge in [0.25, 0.3) is 0 Å². The minimum atomic E-state index is -0.177. The molecule has 6 nitrogen and oxygen atoms in total. The van der Waals surface area contributed by atoms with Crippen molar-refractivity contribution in [3.8, 4) is 0 Å². The summed E-state index contributed by atoms with van der Waals surface area (Å²) >= 11 is 0. The number of nitrogens with zero attached hydrogens (tertiary/aromatic N) is 4. The molecule has 1 aromatic rings. The molecule has 1 N–H and O–H groups in total. The molecule has 0 saturated carbocycles. The van der Waals surface area contributed by atoms with Crippen LogP contribution in [-0.2, 0) is 6.54 Å². The summed E-state index contributed by atoms with van der Waals surface area (Å²) in [7, 11) is 0. The Kier molecular flexibility index (Phi) is 7.16. The highest BCUT2D eigenvalue weighted by molar-refractivity contribution is 5.85. The molecule has 0 aromatic carbocycles. The van der Waals surface area contributed by atoms with Gasteiger partial charge in [0, 0.05) is 44.1 Å². The van der Waals surface area contributed by atoms with Crippen LogP contribution < -0.4 is 5.32 Å². The van der Waals surface area contributed by atoms with E-state index in [2.05, 4.69) is 15.3 Å². The maximum atomic E-state index is 12.2. The zero-order valence-electron chi connectivity index (χ0n) is 13.8. The van der Waals surface area contributed by atoms with E-state index in [-0.39, 0.29) is 24.0 Å². The molecular formula is C15H28ClN5O. The van der Waals surface area contributed by atoms with E-state index < -0.39 is 0 Å². The molecular weight excluding hydrogens is 302 g/mol. The van der Waals surface area contributed by atoms with Crippen molar-refractivity contribution in [3.05, 3.63) is 18.5 Å². The average molecular weight is 330 g/mol. The van der Waals surface area contributed by atoms with Gasteiger partial charge in [-0.25, -0.2) is 4.79 Å². The van der Waals surface area contributed by atoms with E-state index >= 15 is 0 Å². The molecule has 0 radical (unpaired) electrons. The van der Waals surface area contributed by atoms with Crippen LogP contribution in [0.15, 0.2) is 18.5 Å². The van der Waals surface area contributed by atoms with Crippen LogP contribution in [0.3, 0.4) is 0 Å². The zero-order chi connectivity index (χ0) is 15.3. The Hall–Kier alpha value is -1.27. The van der Waals surface area contributed by atoms with Crippen LogP contribution in [0.5, 0.6) is 0 Å². The zero-order valence-corrected chi connectivity index (χ0v) is 14.6. The van der Waals surface area contributed by atoms with E-state index in [0.717, 1.165) is 45.7 Å². The van der Waals surface area contributed by atoms with E-state index in [9.17, 15) is 4.79 Å². The molecule has 22 heavy (non-hydrogen) atoms. The van der Waals surface area contributed by atoms with Gasteiger partial charge >= 0.3 is 6.03 Å². The molecule has 0 unspecified atom stereocenters. The van der Waals surface area contributed by atoms with Crippen molar-refractivity contribution < 1.29 is 4.79 Å². The standard InChI is InChI=1S/C15H27N5O.ClH/c1-15(2,3)17-14(21)19-8-5-7-18(10-12-19)11-13-20-9-4-6-16-20;/h4,6,9H,5,7-8,10-13H2,1-3H3,(H,17,21);1H. The van der Waals surface area contributed by atoms with Crippen molar-refractivity contribution in [1.29, 1.82) is 0 Å². The minimum Gasteiger partial charge on any atom is -0.333 e. The highest BCUT2D eigenvalue weighted by Crippen LogP contribution is 2.06. The lowest BCUT2D eigenvalue weighted by molar-refractivity contribution is 0.188. The summed E-state index contributed by atoms with van der Waals surface area (Å²) < 4.78 is 1.95. The summed E-state index contributed by atoms with van der Waals surface area (Å²) in [6.07, 6.45) is 4.82. The summed E-state index contributed by atoms with van der Waals surface area (Å²) in [5, 5.41) is 7.26. The molecule has 1 aliphatic rings. The van der Waals surface area contributed by atoms with Gasteiger partial charge in [-0.1, -0.05) is 0 Å². The first-order valence-corrected chi connectivity index (χ1v) is 7.71. The number of rotatable bonds is 3. The van der Waals surface area contributed by atoms with Gasteiger partial charge in [0.1, 0.15) is 0 Å². The molecule has 0 atom stereocenters. The smallest absolute Gasteiger partial charge is 0.317 e. The molecule has 7 heteroatoms. The number of nitrogens with one attached hydrogen (secondary N) is 1. The Labute approximate surface area is 139 Å². The van der Waals surface area contributed by atoms with E-state index in [1.807, 2.05) is 42.6 Å². The number of amides is 2. The molecule has 0 aliphatic carbocycles. The second-order valence-electron chi connectivity index (χ2n) is 6.63. The number of carbonyl (C=O) groups excluding carboxylic acids is 1. The fourth-order valence-electron chi connectivity index (χ4n) is 2.47.